The normalized spacial score (nSPS) is 14.5. The molecule has 0 spiro atoms. The number of benzene rings is 1. The summed E-state index contributed by atoms with van der Waals surface area (Å²) in [6, 6.07) is 5.83. The van der Waals surface area contributed by atoms with E-state index in [1.54, 1.807) is 27.0 Å². The number of fused-ring (bicyclic) bond motifs is 1. The van der Waals surface area contributed by atoms with Gasteiger partial charge in [-0.2, -0.15) is 0 Å². The number of aromatic nitrogens is 1. The molecule has 1 aromatic carbocycles. The zero-order chi connectivity index (χ0) is 17.2. The van der Waals surface area contributed by atoms with E-state index in [4.69, 9.17) is 4.74 Å². The lowest BCUT2D eigenvalue weighted by molar-refractivity contribution is 0.0136. The predicted molar refractivity (Wildman–Crippen MR) is 88.2 cm³/mol. The molecule has 6 nitrogen and oxygen atoms in total. The summed E-state index contributed by atoms with van der Waals surface area (Å²) in [5, 5.41) is 23.8. The molecular formula is C17H24N2O4. The van der Waals surface area contributed by atoms with Crippen LogP contribution in [0.4, 0.5) is 4.79 Å². The quantitative estimate of drug-likeness (QED) is 0.696. The number of aryl methyl sites for hydroxylation is 1. The Morgan fingerprint density at radius 1 is 1.35 bits per heavy atom. The number of aliphatic hydroxyl groups is 2. The number of alkyl carbamates (subject to hydrolysis) is 1. The van der Waals surface area contributed by atoms with Crippen molar-refractivity contribution in [1.29, 1.82) is 0 Å². The molecule has 0 bridgehead atoms. The molecule has 0 saturated heterocycles. The van der Waals surface area contributed by atoms with E-state index in [1.807, 2.05) is 25.1 Å². The largest absolute Gasteiger partial charge is 0.444 e. The van der Waals surface area contributed by atoms with Gasteiger partial charge in [-0.15, -0.1) is 0 Å². The first-order valence-corrected chi connectivity index (χ1v) is 7.58. The molecule has 2 atom stereocenters. The number of carbonyl (C=O) groups is 1. The van der Waals surface area contributed by atoms with Crippen LogP contribution in [-0.2, 0) is 4.74 Å². The lowest BCUT2D eigenvalue weighted by Gasteiger charge is -2.22. The second kappa shape index (κ2) is 6.60. The van der Waals surface area contributed by atoms with Crippen LogP contribution >= 0.6 is 0 Å². The summed E-state index contributed by atoms with van der Waals surface area (Å²) >= 11 is 0. The molecule has 0 fully saturated rings. The van der Waals surface area contributed by atoms with Crippen molar-refractivity contribution in [3.63, 3.8) is 0 Å². The highest BCUT2D eigenvalue weighted by molar-refractivity contribution is 5.84. The topological polar surface area (TPSA) is 94.6 Å². The average molecular weight is 320 g/mol. The van der Waals surface area contributed by atoms with Gasteiger partial charge in [0.1, 0.15) is 17.8 Å². The molecule has 0 aliphatic rings. The Kier molecular flexibility index (Phi) is 4.97. The second-order valence-electron chi connectivity index (χ2n) is 6.69. The number of nitrogens with one attached hydrogen (secondary N) is 2. The number of hydrogen-bond acceptors (Lipinski definition) is 4. The number of amides is 1. The van der Waals surface area contributed by atoms with Gasteiger partial charge in [0.05, 0.1) is 0 Å². The van der Waals surface area contributed by atoms with E-state index in [2.05, 4.69) is 10.3 Å². The van der Waals surface area contributed by atoms with Gasteiger partial charge in [-0.3, -0.25) is 0 Å². The number of rotatable bonds is 4. The maximum atomic E-state index is 11.6. The molecule has 126 valence electrons. The molecule has 2 rings (SSSR count). The lowest BCUT2D eigenvalue weighted by Crippen LogP contribution is -2.38. The van der Waals surface area contributed by atoms with Gasteiger partial charge in [0.2, 0.25) is 0 Å². The standard InChI is InChI=1S/C17H24N2O4/c1-10-5-6-13-11(7-10)12(8-18-13)15(21)14(20)9-19-16(22)23-17(2,3)4/h5-8,14-15,18,20-21H,9H2,1-4H3,(H,19,22). The Balaban J connectivity index is 2.03. The van der Waals surface area contributed by atoms with Crippen LogP contribution in [-0.4, -0.2) is 39.5 Å². The van der Waals surface area contributed by atoms with Crippen molar-refractivity contribution in [2.75, 3.05) is 6.54 Å². The molecule has 1 aromatic heterocycles. The molecule has 4 N–H and O–H groups in total. The van der Waals surface area contributed by atoms with Crippen molar-refractivity contribution in [3.8, 4) is 0 Å². The Morgan fingerprint density at radius 3 is 2.70 bits per heavy atom. The minimum atomic E-state index is -1.14. The highest BCUT2D eigenvalue weighted by Gasteiger charge is 2.23. The molecule has 0 aliphatic heterocycles. The van der Waals surface area contributed by atoms with Crippen molar-refractivity contribution in [2.24, 2.45) is 0 Å². The van der Waals surface area contributed by atoms with Gasteiger partial charge in [-0.05, 0) is 39.8 Å². The van der Waals surface area contributed by atoms with Crippen molar-refractivity contribution in [1.82, 2.24) is 10.3 Å². The maximum Gasteiger partial charge on any atom is 0.407 e. The third kappa shape index (κ3) is 4.46. The van der Waals surface area contributed by atoms with Crippen LogP contribution in [0.5, 0.6) is 0 Å². The number of aromatic amines is 1. The molecule has 0 saturated carbocycles. The highest BCUT2D eigenvalue weighted by Crippen LogP contribution is 2.27. The van der Waals surface area contributed by atoms with Crippen molar-refractivity contribution in [3.05, 3.63) is 35.5 Å². The van der Waals surface area contributed by atoms with Crippen LogP contribution in [0.1, 0.15) is 38.0 Å². The maximum absolute atomic E-state index is 11.6. The molecular weight excluding hydrogens is 296 g/mol. The summed E-state index contributed by atoms with van der Waals surface area (Å²) in [7, 11) is 0. The summed E-state index contributed by atoms with van der Waals surface area (Å²) in [5.74, 6) is 0. The Hall–Kier alpha value is -2.05. The van der Waals surface area contributed by atoms with Gasteiger partial charge in [-0.25, -0.2) is 4.79 Å². The van der Waals surface area contributed by atoms with Crippen LogP contribution in [0.2, 0.25) is 0 Å². The number of ether oxygens (including phenoxy) is 1. The summed E-state index contributed by atoms with van der Waals surface area (Å²) in [4.78, 5) is 14.7. The van der Waals surface area contributed by atoms with Crippen molar-refractivity contribution in [2.45, 2.75) is 45.5 Å². The Bertz CT molecular complexity index is 687. The first-order valence-electron chi connectivity index (χ1n) is 7.58. The molecule has 6 heteroatoms. The van der Waals surface area contributed by atoms with Crippen molar-refractivity contribution < 1.29 is 19.7 Å². The summed E-state index contributed by atoms with van der Waals surface area (Å²) in [6.45, 7) is 7.13. The van der Waals surface area contributed by atoms with Gasteiger partial charge in [0.15, 0.2) is 0 Å². The number of aliphatic hydroxyl groups excluding tert-OH is 2. The summed E-state index contributed by atoms with van der Waals surface area (Å²) in [6.07, 6.45) is -1.20. The van der Waals surface area contributed by atoms with Crippen LogP contribution < -0.4 is 5.32 Å². The lowest BCUT2D eigenvalue weighted by atomic mass is 10.0. The van der Waals surface area contributed by atoms with E-state index < -0.39 is 23.9 Å². The summed E-state index contributed by atoms with van der Waals surface area (Å²) < 4.78 is 5.10. The SMILES string of the molecule is Cc1ccc2[nH]cc(C(O)C(O)CNC(=O)OC(C)(C)C)c2c1. The minimum Gasteiger partial charge on any atom is -0.444 e. The number of hydrogen-bond donors (Lipinski definition) is 4. The molecule has 1 amide bonds. The molecule has 2 aromatic rings. The Labute approximate surface area is 135 Å². The van der Waals surface area contributed by atoms with Gasteiger partial charge < -0.3 is 25.3 Å². The van der Waals surface area contributed by atoms with Gasteiger partial charge in [0.25, 0.3) is 0 Å². The van der Waals surface area contributed by atoms with Crippen molar-refractivity contribution >= 4 is 17.0 Å². The zero-order valence-corrected chi connectivity index (χ0v) is 13.9. The van der Waals surface area contributed by atoms with Crippen LogP contribution in [0.25, 0.3) is 10.9 Å². The zero-order valence-electron chi connectivity index (χ0n) is 13.9. The van der Waals surface area contributed by atoms with E-state index in [1.165, 1.54) is 0 Å². The average Bonchev–Trinajstić information content (AvgIpc) is 2.85. The molecule has 0 radical (unpaired) electrons. The van der Waals surface area contributed by atoms with Crippen LogP contribution in [0.15, 0.2) is 24.4 Å². The fourth-order valence-corrected chi connectivity index (χ4v) is 2.32. The van der Waals surface area contributed by atoms with Crippen LogP contribution in [0.3, 0.4) is 0 Å². The predicted octanol–water partition coefficient (Wildman–Crippen LogP) is 2.40. The smallest absolute Gasteiger partial charge is 0.407 e. The van der Waals surface area contributed by atoms with E-state index in [0.717, 1.165) is 16.5 Å². The summed E-state index contributed by atoms with van der Waals surface area (Å²) in [5.41, 5.74) is 1.94. The van der Waals surface area contributed by atoms with Crippen LogP contribution in [0, 0.1) is 6.92 Å². The second-order valence-corrected chi connectivity index (χ2v) is 6.69. The highest BCUT2D eigenvalue weighted by atomic mass is 16.6. The van der Waals surface area contributed by atoms with Gasteiger partial charge in [-0.1, -0.05) is 11.6 Å². The number of carbonyl (C=O) groups excluding carboxylic acids is 1. The van der Waals surface area contributed by atoms with E-state index in [0.29, 0.717) is 5.56 Å². The van der Waals surface area contributed by atoms with E-state index >= 15 is 0 Å². The third-order valence-electron chi connectivity index (χ3n) is 3.41. The van der Waals surface area contributed by atoms with Gasteiger partial charge >= 0.3 is 6.09 Å². The minimum absolute atomic E-state index is 0.103. The molecule has 1 heterocycles. The molecule has 23 heavy (non-hydrogen) atoms. The van der Waals surface area contributed by atoms with E-state index in [9.17, 15) is 15.0 Å². The third-order valence-corrected chi connectivity index (χ3v) is 3.41. The molecule has 2 unspecified atom stereocenters. The fourth-order valence-electron chi connectivity index (χ4n) is 2.32. The van der Waals surface area contributed by atoms with Gasteiger partial charge in [0, 0.05) is 29.2 Å². The first kappa shape index (κ1) is 17.3. The molecule has 0 aliphatic carbocycles. The first-order chi connectivity index (χ1) is 10.7. The van der Waals surface area contributed by atoms with E-state index in [-0.39, 0.29) is 6.54 Å². The number of H-pyrrole nitrogens is 1. The monoisotopic (exact) mass is 320 g/mol. The Morgan fingerprint density at radius 2 is 2.04 bits per heavy atom. The fraction of sp³-hybridized carbons (Fsp3) is 0.471.